The van der Waals surface area contributed by atoms with Crippen LogP contribution in [0, 0.1) is 5.92 Å². The van der Waals surface area contributed by atoms with Gasteiger partial charge in [-0.1, -0.05) is 18.2 Å². The van der Waals surface area contributed by atoms with Crippen molar-refractivity contribution < 1.29 is 13.2 Å². The van der Waals surface area contributed by atoms with Crippen molar-refractivity contribution in [1.29, 1.82) is 0 Å². The van der Waals surface area contributed by atoms with Crippen molar-refractivity contribution in [2.24, 2.45) is 5.92 Å². The molecule has 21 heavy (non-hydrogen) atoms. The minimum absolute atomic E-state index is 0.0585. The van der Waals surface area contributed by atoms with Crippen molar-refractivity contribution in [3.63, 3.8) is 0 Å². The Labute approximate surface area is 123 Å². The fourth-order valence-corrected chi connectivity index (χ4v) is 4.37. The molecule has 1 unspecified atom stereocenters. The number of fused-ring (bicyclic) bond motifs is 1. The molecular weight excluding hydrogens is 288 g/mol. The summed E-state index contributed by atoms with van der Waals surface area (Å²) >= 11 is 0. The molecule has 1 aromatic heterocycles. The Kier molecular flexibility index (Phi) is 3.63. The molecule has 6 heteroatoms. The van der Waals surface area contributed by atoms with Gasteiger partial charge < -0.3 is 5.32 Å². The number of amides is 1. The number of hydrogen-bond donors (Lipinski definition) is 1. The minimum atomic E-state index is -3.09. The SMILES string of the molecule is O=C(Nc1cccc2cccnc12)C1CCCS(=O)(=O)C1. The summed E-state index contributed by atoms with van der Waals surface area (Å²) in [4.78, 5) is 16.6. The van der Waals surface area contributed by atoms with E-state index in [-0.39, 0.29) is 17.4 Å². The quantitative estimate of drug-likeness (QED) is 0.920. The second-order valence-corrected chi connectivity index (χ2v) is 7.55. The number of aromatic nitrogens is 1. The lowest BCUT2D eigenvalue weighted by Crippen LogP contribution is -2.34. The Balaban J connectivity index is 1.84. The van der Waals surface area contributed by atoms with Crippen LogP contribution >= 0.6 is 0 Å². The molecule has 1 N–H and O–H groups in total. The van der Waals surface area contributed by atoms with Gasteiger partial charge in [0, 0.05) is 11.6 Å². The number of pyridine rings is 1. The zero-order valence-electron chi connectivity index (χ0n) is 11.5. The van der Waals surface area contributed by atoms with Crippen LogP contribution in [0.25, 0.3) is 10.9 Å². The van der Waals surface area contributed by atoms with Gasteiger partial charge in [0.1, 0.15) is 0 Å². The van der Waals surface area contributed by atoms with Crippen molar-refractivity contribution >= 4 is 32.3 Å². The molecule has 5 nitrogen and oxygen atoms in total. The van der Waals surface area contributed by atoms with Crippen molar-refractivity contribution in [2.45, 2.75) is 12.8 Å². The normalized spacial score (nSPS) is 21.0. The van der Waals surface area contributed by atoms with Crippen LogP contribution in [0.4, 0.5) is 5.69 Å². The molecule has 1 aliphatic rings. The fraction of sp³-hybridized carbons (Fsp3) is 0.333. The second kappa shape index (κ2) is 5.44. The average molecular weight is 304 g/mol. The average Bonchev–Trinajstić information content (AvgIpc) is 2.46. The smallest absolute Gasteiger partial charge is 0.228 e. The highest BCUT2D eigenvalue weighted by atomic mass is 32.2. The molecule has 3 rings (SSSR count). The van der Waals surface area contributed by atoms with Crippen LogP contribution < -0.4 is 5.32 Å². The second-order valence-electron chi connectivity index (χ2n) is 5.32. The maximum Gasteiger partial charge on any atom is 0.228 e. The Hall–Kier alpha value is -1.95. The standard InChI is InChI=1S/C15H16N2O3S/c18-15(12-6-3-9-21(19,20)10-12)17-13-7-1-4-11-5-2-8-16-14(11)13/h1-2,4-5,7-8,12H,3,6,9-10H2,(H,17,18). The third-order valence-electron chi connectivity index (χ3n) is 3.72. The lowest BCUT2D eigenvalue weighted by Gasteiger charge is -2.21. The van der Waals surface area contributed by atoms with Crippen LogP contribution in [0.15, 0.2) is 36.5 Å². The summed E-state index contributed by atoms with van der Waals surface area (Å²) in [6.07, 6.45) is 2.83. The van der Waals surface area contributed by atoms with E-state index in [1.165, 1.54) is 0 Å². The van der Waals surface area contributed by atoms with Gasteiger partial charge >= 0.3 is 0 Å². The summed E-state index contributed by atoms with van der Waals surface area (Å²) in [6.45, 7) is 0. The Morgan fingerprint density at radius 3 is 2.86 bits per heavy atom. The van der Waals surface area contributed by atoms with Crippen molar-refractivity contribution in [3.05, 3.63) is 36.5 Å². The maximum absolute atomic E-state index is 12.3. The molecule has 1 amide bonds. The van der Waals surface area contributed by atoms with Crippen molar-refractivity contribution in [2.75, 3.05) is 16.8 Å². The predicted molar refractivity (Wildman–Crippen MR) is 81.8 cm³/mol. The van der Waals surface area contributed by atoms with Gasteiger partial charge in [-0.3, -0.25) is 9.78 Å². The van der Waals surface area contributed by atoms with E-state index in [0.29, 0.717) is 24.0 Å². The van der Waals surface area contributed by atoms with E-state index in [0.717, 1.165) is 5.39 Å². The number of carbonyl (C=O) groups excluding carboxylic acids is 1. The molecule has 1 aliphatic heterocycles. The van der Waals surface area contributed by atoms with Gasteiger partial charge in [-0.2, -0.15) is 0 Å². The minimum Gasteiger partial charge on any atom is -0.324 e. The summed E-state index contributed by atoms with van der Waals surface area (Å²) in [5.74, 6) is -0.581. The molecule has 2 heterocycles. The molecule has 1 aromatic carbocycles. The predicted octanol–water partition coefficient (Wildman–Crippen LogP) is 2.00. The van der Waals surface area contributed by atoms with Gasteiger partial charge in [-0.05, 0) is 25.0 Å². The van der Waals surface area contributed by atoms with E-state index >= 15 is 0 Å². The molecule has 1 atom stereocenters. The van der Waals surface area contributed by atoms with Crippen LogP contribution in [0.5, 0.6) is 0 Å². The van der Waals surface area contributed by atoms with E-state index in [1.54, 1.807) is 12.3 Å². The number of para-hydroxylation sites is 1. The summed E-state index contributed by atoms with van der Waals surface area (Å²) in [5.41, 5.74) is 1.34. The summed E-state index contributed by atoms with van der Waals surface area (Å²) in [7, 11) is -3.09. The van der Waals surface area contributed by atoms with Gasteiger partial charge in [-0.25, -0.2) is 8.42 Å². The van der Waals surface area contributed by atoms with Crippen LogP contribution in [0.2, 0.25) is 0 Å². The Morgan fingerprint density at radius 2 is 2.05 bits per heavy atom. The lowest BCUT2D eigenvalue weighted by atomic mass is 10.0. The molecule has 1 fully saturated rings. The molecule has 2 aromatic rings. The van der Waals surface area contributed by atoms with Gasteiger partial charge in [-0.15, -0.1) is 0 Å². The first-order valence-electron chi connectivity index (χ1n) is 6.90. The van der Waals surface area contributed by atoms with E-state index in [4.69, 9.17) is 0 Å². The number of nitrogens with one attached hydrogen (secondary N) is 1. The Bertz CT molecular complexity index is 781. The zero-order chi connectivity index (χ0) is 14.9. The van der Waals surface area contributed by atoms with Gasteiger partial charge in [0.05, 0.1) is 28.6 Å². The first kappa shape index (κ1) is 14.0. The third kappa shape index (κ3) is 3.05. The molecular formula is C15H16N2O3S. The zero-order valence-corrected chi connectivity index (χ0v) is 12.3. The number of sulfone groups is 1. The Morgan fingerprint density at radius 1 is 1.24 bits per heavy atom. The summed E-state index contributed by atoms with van der Waals surface area (Å²) in [6, 6.07) is 9.30. The van der Waals surface area contributed by atoms with E-state index in [2.05, 4.69) is 10.3 Å². The van der Waals surface area contributed by atoms with Gasteiger partial charge in [0.15, 0.2) is 9.84 Å². The van der Waals surface area contributed by atoms with E-state index in [1.807, 2.05) is 24.3 Å². The van der Waals surface area contributed by atoms with E-state index < -0.39 is 15.8 Å². The van der Waals surface area contributed by atoms with Crippen LogP contribution in [0.1, 0.15) is 12.8 Å². The number of nitrogens with zero attached hydrogens (tertiary/aromatic N) is 1. The molecule has 0 spiro atoms. The summed E-state index contributed by atoms with van der Waals surface area (Å²) < 4.78 is 23.3. The molecule has 0 saturated carbocycles. The lowest BCUT2D eigenvalue weighted by molar-refractivity contribution is -0.119. The number of anilines is 1. The molecule has 0 aliphatic carbocycles. The largest absolute Gasteiger partial charge is 0.324 e. The fourth-order valence-electron chi connectivity index (χ4n) is 2.67. The topological polar surface area (TPSA) is 76.1 Å². The van der Waals surface area contributed by atoms with Crippen molar-refractivity contribution in [3.8, 4) is 0 Å². The molecule has 0 radical (unpaired) electrons. The number of benzene rings is 1. The van der Waals surface area contributed by atoms with Crippen LogP contribution in [0.3, 0.4) is 0 Å². The number of rotatable bonds is 2. The van der Waals surface area contributed by atoms with E-state index in [9.17, 15) is 13.2 Å². The van der Waals surface area contributed by atoms with Gasteiger partial charge in [0.2, 0.25) is 5.91 Å². The highest BCUT2D eigenvalue weighted by Crippen LogP contribution is 2.24. The third-order valence-corrected chi connectivity index (χ3v) is 5.55. The molecule has 0 bridgehead atoms. The summed E-state index contributed by atoms with van der Waals surface area (Å²) in [5, 5.41) is 3.76. The maximum atomic E-state index is 12.3. The first-order valence-corrected chi connectivity index (χ1v) is 8.72. The van der Waals surface area contributed by atoms with Gasteiger partial charge in [0.25, 0.3) is 0 Å². The highest BCUT2D eigenvalue weighted by Gasteiger charge is 2.30. The highest BCUT2D eigenvalue weighted by molar-refractivity contribution is 7.91. The monoisotopic (exact) mass is 304 g/mol. The number of carbonyl (C=O) groups is 1. The first-order chi connectivity index (χ1) is 10.1. The molecule has 110 valence electrons. The van der Waals surface area contributed by atoms with Crippen LogP contribution in [-0.2, 0) is 14.6 Å². The number of hydrogen-bond acceptors (Lipinski definition) is 4. The van der Waals surface area contributed by atoms with Crippen LogP contribution in [-0.4, -0.2) is 30.8 Å². The molecule has 1 saturated heterocycles. The van der Waals surface area contributed by atoms with Crippen molar-refractivity contribution in [1.82, 2.24) is 4.98 Å².